The van der Waals surface area contributed by atoms with E-state index in [0.29, 0.717) is 46.2 Å². The Morgan fingerprint density at radius 1 is 0.494 bits per heavy atom. The maximum Gasteiger partial charge on any atom is 0.332 e. The molecule has 23 nitrogen and oxygen atoms in total. The van der Waals surface area contributed by atoms with Crippen LogP contribution in [0.2, 0.25) is 0 Å². The summed E-state index contributed by atoms with van der Waals surface area (Å²) in [5.41, 5.74) is 9.42. The molecule has 516 valence electrons. The van der Waals surface area contributed by atoms with E-state index in [-0.39, 0.29) is 36.8 Å². The van der Waals surface area contributed by atoms with Crippen molar-refractivity contribution >= 4 is 76.9 Å². The molecule has 7 fully saturated rings. The highest BCUT2D eigenvalue weighted by atomic mass is 31.2. The number of hydrogen-bond acceptors (Lipinski definition) is 23. The minimum atomic E-state index is -1.17. The first kappa shape index (κ1) is 82.5. The summed E-state index contributed by atoms with van der Waals surface area (Å²) >= 11 is 0. The van der Waals surface area contributed by atoms with Crippen molar-refractivity contribution in [1.82, 2.24) is 0 Å². The van der Waals surface area contributed by atoms with Crippen molar-refractivity contribution in [3.05, 3.63) is 56.6 Å². The molecule has 3 atom stereocenters. The molecular weight excluding hydrogens is 1330 g/mol. The molecule has 10 rings (SSSR count). The molecule has 1 N–H and O–H groups in total. The van der Waals surface area contributed by atoms with Crippen LogP contribution in [0.25, 0.3) is 0 Å². The van der Waals surface area contributed by atoms with Crippen molar-refractivity contribution in [2.75, 3.05) is 155 Å². The monoisotopic (exact) mass is 1440 g/mol. The van der Waals surface area contributed by atoms with Crippen molar-refractivity contribution < 1.29 is 105 Å². The number of hydrogen-bond donors (Lipinski definition) is 1. The van der Waals surface area contributed by atoms with Gasteiger partial charge in [0.15, 0.2) is 34.2 Å². The molecule has 2 aromatic rings. The van der Waals surface area contributed by atoms with Crippen LogP contribution in [0, 0.1) is 63.2 Å². The molecule has 6 saturated heterocycles. The van der Waals surface area contributed by atoms with Crippen molar-refractivity contribution in [3.8, 4) is 11.5 Å². The molecule has 0 aromatic heterocycles. The lowest BCUT2D eigenvalue weighted by atomic mass is 9.66. The van der Waals surface area contributed by atoms with E-state index in [9.17, 15) is 5.11 Å². The number of aliphatic hydroxyl groups is 1. The summed E-state index contributed by atoms with van der Waals surface area (Å²) in [6.45, 7) is 36.3. The third-order valence-electron chi connectivity index (χ3n) is 15.0. The zero-order valence-electron chi connectivity index (χ0n) is 56.8. The van der Waals surface area contributed by atoms with Gasteiger partial charge in [0.05, 0.1) is 78.1 Å². The predicted molar refractivity (Wildman–Crippen MR) is 360 cm³/mol. The molecule has 3 unspecified atom stereocenters. The Hall–Kier alpha value is 1.07. The Morgan fingerprint density at radius 2 is 0.854 bits per heavy atom. The molecule has 7 heterocycles. The molecule has 8 aliphatic rings. The second-order valence-corrected chi connectivity index (χ2v) is 36.2. The number of rotatable bonds is 10. The Bertz CT molecular complexity index is 2180. The van der Waals surface area contributed by atoms with Gasteiger partial charge >= 0.3 is 34.4 Å². The maximum absolute atomic E-state index is 10.6. The second-order valence-electron chi connectivity index (χ2n) is 23.5. The van der Waals surface area contributed by atoms with Gasteiger partial charge in [-0.2, -0.15) is 0 Å². The van der Waals surface area contributed by atoms with Gasteiger partial charge in [0.1, 0.15) is 23.2 Å². The Kier molecular flexibility index (Phi) is 37.9. The smallest absolute Gasteiger partial charge is 0.332 e. The Labute approximate surface area is 544 Å². The van der Waals surface area contributed by atoms with Crippen LogP contribution in [-0.4, -0.2) is 172 Å². The minimum Gasteiger partial charge on any atom is -0.438 e. The second kappa shape index (κ2) is 40.8. The summed E-state index contributed by atoms with van der Waals surface area (Å²) in [5, 5.41) is 10.6. The Balaban J connectivity index is 0.000000232. The molecule has 7 aliphatic heterocycles. The summed E-state index contributed by atoms with van der Waals surface area (Å²) in [6, 6.07) is 4.43. The lowest BCUT2D eigenvalue weighted by Gasteiger charge is -2.54. The van der Waals surface area contributed by atoms with Crippen LogP contribution in [0.15, 0.2) is 12.1 Å². The van der Waals surface area contributed by atoms with E-state index in [0.717, 1.165) is 75.9 Å². The van der Waals surface area contributed by atoms with E-state index in [1.807, 2.05) is 27.2 Å². The quantitative estimate of drug-likeness (QED) is 0.218. The summed E-state index contributed by atoms with van der Waals surface area (Å²) in [4.78, 5) is 0. The summed E-state index contributed by atoms with van der Waals surface area (Å²) in [5.74, 6) is 2.04. The number of aryl methyl sites for hydroxylation is 4. The summed E-state index contributed by atoms with van der Waals surface area (Å²) in [7, 11) is 5.78. The first-order chi connectivity index (χ1) is 42.2. The highest BCUT2D eigenvalue weighted by molar-refractivity contribution is 7.48. The fraction of sp³-hybridized carbons (Fsp3) is 0.789. The van der Waals surface area contributed by atoms with E-state index in [1.165, 1.54) is 44.5 Å². The summed E-state index contributed by atoms with van der Waals surface area (Å²) in [6.07, 6.45) is 5.32. The molecule has 1 aliphatic carbocycles. The van der Waals surface area contributed by atoms with Crippen LogP contribution >= 0.6 is 76.9 Å². The van der Waals surface area contributed by atoms with Crippen LogP contribution in [0.5, 0.6) is 11.5 Å². The first-order valence-corrected chi connectivity index (χ1v) is 40.5. The lowest BCUT2D eigenvalue weighted by Crippen LogP contribution is -2.63. The van der Waals surface area contributed by atoms with Crippen LogP contribution < -0.4 is 9.05 Å². The van der Waals surface area contributed by atoms with Crippen molar-refractivity contribution in [2.24, 2.45) is 21.7 Å². The van der Waals surface area contributed by atoms with Gasteiger partial charge < -0.3 is 105 Å². The average molecular weight is 1440 g/mol. The highest BCUT2D eigenvalue weighted by Gasteiger charge is 2.58. The highest BCUT2D eigenvalue weighted by Crippen LogP contribution is 2.56. The van der Waals surface area contributed by atoms with Gasteiger partial charge in [-0.15, -0.1) is 0 Å². The molecule has 0 radical (unpaired) electrons. The molecule has 1 saturated carbocycles. The predicted octanol–water partition coefficient (Wildman–Crippen LogP) is 16.5. The van der Waals surface area contributed by atoms with Gasteiger partial charge in [0.2, 0.25) is 0 Å². The van der Waals surface area contributed by atoms with Gasteiger partial charge in [-0.05, 0) is 94.2 Å². The van der Waals surface area contributed by atoms with Crippen LogP contribution in [0.1, 0.15) is 105 Å². The standard InChI is InChI=1S/C20H25O2P.C10H18O5P2.C7H14O6P2.2C6H13O3P.2C4H11O2P/c1-11-8-13(3)19-17(15(11)5)10-18-16(6)12(2)9-14(4)20(18)22-23(7)21-19;1-17-13-5-9(6-14-17)3-2-4-10(11)7-12-16-15-8(9)10;1-8-14-10-3-7(4-11-14)5-12-15(9-2)13-6-7;2*1-6(2)4-8-10(7-3)9-5-6;2*1-4-7(5-2)6-3/h8-9H,10H2,1-7H3;8,11,16H,2-7H2,1H3;3-6H2,1-2H3;2*4-5H2,1-3H3;2*4H2,1-3H3. The SMILES string of the molecule is CCP(OC)OC.CCP(OC)OC.COP1OCC(C)(C)CO1.COP1OCC(C)(C)CO1.COP1OCC2(CO1)COP(OC)OC2.CP1OCC2(CCCC3(O)COPOC32)CO1.Cc1cc(C)c2c(c1C)Cc1c(C)c(C)cc(C)c1OP(C)O2. The first-order valence-electron chi connectivity index (χ1n) is 29.3. The van der Waals surface area contributed by atoms with Crippen molar-refractivity contribution in [3.63, 3.8) is 0 Å². The van der Waals surface area contributed by atoms with E-state index in [1.54, 1.807) is 56.9 Å². The van der Waals surface area contributed by atoms with Gasteiger partial charge in [0, 0.05) is 116 Å². The van der Waals surface area contributed by atoms with Crippen LogP contribution in [0.4, 0.5) is 0 Å². The van der Waals surface area contributed by atoms with Crippen molar-refractivity contribution in [2.45, 2.75) is 120 Å². The molecule has 0 bridgehead atoms. The van der Waals surface area contributed by atoms with Gasteiger partial charge in [-0.25, -0.2) is 0 Å². The van der Waals surface area contributed by atoms with E-state index in [4.69, 9.17) is 99.5 Å². The molecule has 32 heteroatoms. The van der Waals surface area contributed by atoms with Crippen molar-refractivity contribution in [1.29, 1.82) is 0 Å². The zero-order chi connectivity index (χ0) is 66.2. The van der Waals surface area contributed by atoms with E-state index < -0.39 is 73.5 Å². The van der Waals surface area contributed by atoms with Crippen LogP contribution in [-0.2, 0) is 96.9 Å². The molecule has 2 aromatic carbocycles. The normalized spacial score (nSPS) is 28.4. The average Bonchev–Trinajstić information content (AvgIpc) is 1.61. The van der Waals surface area contributed by atoms with E-state index >= 15 is 0 Å². The zero-order valence-corrected chi connectivity index (χ0v) is 64.9. The molecule has 0 amide bonds. The molecule has 2 spiro atoms. The Morgan fingerprint density at radius 3 is 1.18 bits per heavy atom. The van der Waals surface area contributed by atoms with Gasteiger partial charge in [0.25, 0.3) is 8.38 Å². The fourth-order valence-electron chi connectivity index (χ4n) is 9.67. The molecular formula is C57H105O23P9. The minimum absolute atomic E-state index is 0.0188. The third kappa shape index (κ3) is 26.0. The number of fused-ring (bicyclic) bond motifs is 4. The summed E-state index contributed by atoms with van der Waals surface area (Å²) < 4.78 is 117. The van der Waals surface area contributed by atoms with Gasteiger partial charge in [-0.3, -0.25) is 0 Å². The third-order valence-corrected chi connectivity index (χ3v) is 24.1. The van der Waals surface area contributed by atoms with E-state index in [2.05, 4.69) is 81.4 Å². The topological polar surface area (TPSA) is 223 Å². The lowest BCUT2D eigenvalue weighted by molar-refractivity contribution is -0.202. The molecule has 89 heavy (non-hydrogen) atoms. The van der Waals surface area contributed by atoms with Gasteiger partial charge in [-0.1, -0.05) is 53.7 Å². The van der Waals surface area contributed by atoms with Crippen LogP contribution in [0.3, 0.4) is 0 Å². The fourth-order valence-corrected chi connectivity index (χ4v) is 18.4. The maximum atomic E-state index is 10.6. The number of benzene rings is 2. The largest absolute Gasteiger partial charge is 0.438 e.